The van der Waals surface area contributed by atoms with Gasteiger partial charge in [0.05, 0.1) is 17.6 Å². The number of amides is 1. The highest BCUT2D eigenvalue weighted by atomic mass is 32.2. The SMILES string of the molecule is Cc1ccc(SCC(=O)NCc2cnn(-c3ccccc3)c2)cc1. The molecule has 4 nitrogen and oxygen atoms in total. The number of aryl methyl sites for hydroxylation is 1. The summed E-state index contributed by atoms with van der Waals surface area (Å²) in [6, 6.07) is 18.1. The quantitative estimate of drug-likeness (QED) is 0.699. The van der Waals surface area contributed by atoms with E-state index in [1.807, 2.05) is 53.3 Å². The van der Waals surface area contributed by atoms with Crippen LogP contribution in [0.5, 0.6) is 0 Å². The normalized spacial score (nSPS) is 10.5. The second-order valence-corrected chi connectivity index (χ2v) is 6.56. The maximum absolute atomic E-state index is 12.0. The van der Waals surface area contributed by atoms with Crippen LogP contribution in [-0.4, -0.2) is 21.4 Å². The van der Waals surface area contributed by atoms with Crippen LogP contribution in [0.25, 0.3) is 5.69 Å². The van der Waals surface area contributed by atoms with Gasteiger partial charge in [0.1, 0.15) is 0 Å². The molecule has 0 fully saturated rings. The molecule has 0 spiro atoms. The zero-order chi connectivity index (χ0) is 16.8. The minimum Gasteiger partial charge on any atom is -0.351 e. The first-order valence-electron chi connectivity index (χ1n) is 7.76. The van der Waals surface area contributed by atoms with E-state index in [2.05, 4.69) is 29.5 Å². The van der Waals surface area contributed by atoms with E-state index in [-0.39, 0.29) is 5.91 Å². The van der Waals surface area contributed by atoms with E-state index >= 15 is 0 Å². The predicted molar refractivity (Wildman–Crippen MR) is 97.3 cm³/mol. The molecular weight excluding hydrogens is 318 g/mol. The van der Waals surface area contributed by atoms with Crippen molar-refractivity contribution in [1.29, 1.82) is 0 Å². The van der Waals surface area contributed by atoms with Crippen molar-refractivity contribution >= 4 is 17.7 Å². The van der Waals surface area contributed by atoms with Gasteiger partial charge in [0.25, 0.3) is 0 Å². The third-order valence-corrected chi connectivity index (χ3v) is 4.55. The molecule has 1 heterocycles. The average molecular weight is 337 g/mol. The van der Waals surface area contributed by atoms with Crippen molar-refractivity contribution in [3.63, 3.8) is 0 Å². The van der Waals surface area contributed by atoms with Gasteiger partial charge in [-0.05, 0) is 31.2 Å². The molecule has 3 aromatic rings. The van der Waals surface area contributed by atoms with Gasteiger partial charge >= 0.3 is 0 Å². The molecule has 0 aliphatic carbocycles. The second-order valence-electron chi connectivity index (χ2n) is 5.51. The zero-order valence-electron chi connectivity index (χ0n) is 13.5. The van der Waals surface area contributed by atoms with Gasteiger partial charge in [-0.15, -0.1) is 11.8 Å². The van der Waals surface area contributed by atoms with Crippen LogP contribution in [0.3, 0.4) is 0 Å². The van der Waals surface area contributed by atoms with Crippen molar-refractivity contribution in [1.82, 2.24) is 15.1 Å². The topological polar surface area (TPSA) is 46.9 Å². The first-order valence-corrected chi connectivity index (χ1v) is 8.74. The highest BCUT2D eigenvalue weighted by Crippen LogP contribution is 2.17. The van der Waals surface area contributed by atoms with Crippen LogP contribution >= 0.6 is 11.8 Å². The van der Waals surface area contributed by atoms with Crippen LogP contribution in [0.1, 0.15) is 11.1 Å². The molecule has 24 heavy (non-hydrogen) atoms. The smallest absolute Gasteiger partial charge is 0.230 e. The van der Waals surface area contributed by atoms with E-state index in [1.54, 1.807) is 18.0 Å². The molecule has 3 rings (SSSR count). The second kappa shape index (κ2) is 7.84. The van der Waals surface area contributed by atoms with Crippen LogP contribution in [0.2, 0.25) is 0 Å². The molecule has 0 unspecified atom stereocenters. The fourth-order valence-corrected chi connectivity index (χ4v) is 2.94. The molecule has 0 bridgehead atoms. The van der Waals surface area contributed by atoms with E-state index in [1.165, 1.54) is 5.56 Å². The van der Waals surface area contributed by atoms with Gasteiger partial charge in [0.2, 0.25) is 5.91 Å². The van der Waals surface area contributed by atoms with E-state index in [4.69, 9.17) is 0 Å². The molecule has 0 atom stereocenters. The lowest BCUT2D eigenvalue weighted by Gasteiger charge is -2.04. The van der Waals surface area contributed by atoms with E-state index in [9.17, 15) is 4.79 Å². The lowest BCUT2D eigenvalue weighted by atomic mass is 10.2. The maximum atomic E-state index is 12.0. The summed E-state index contributed by atoms with van der Waals surface area (Å²) in [6.45, 7) is 2.54. The van der Waals surface area contributed by atoms with Crippen LogP contribution in [0.15, 0.2) is 71.9 Å². The van der Waals surface area contributed by atoms with E-state index in [0.29, 0.717) is 12.3 Å². The number of carbonyl (C=O) groups excluding carboxylic acids is 1. The Bertz CT molecular complexity index is 797. The van der Waals surface area contributed by atoms with Gasteiger partial charge in [-0.25, -0.2) is 4.68 Å². The highest BCUT2D eigenvalue weighted by Gasteiger charge is 2.05. The summed E-state index contributed by atoms with van der Waals surface area (Å²) in [5.41, 5.74) is 3.21. The number of rotatable bonds is 6. The Labute approximate surface area is 145 Å². The van der Waals surface area contributed by atoms with Gasteiger partial charge in [0.15, 0.2) is 0 Å². The molecular formula is C19H19N3OS. The fourth-order valence-electron chi connectivity index (χ4n) is 2.21. The van der Waals surface area contributed by atoms with Crippen LogP contribution in [0, 0.1) is 6.92 Å². The number of para-hydroxylation sites is 1. The number of aromatic nitrogens is 2. The van der Waals surface area contributed by atoms with Crippen LogP contribution in [0.4, 0.5) is 0 Å². The minimum atomic E-state index is 0.0213. The maximum Gasteiger partial charge on any atom is 0.230 e. The predicted octanol–water partition coefficient (Wildman–Crippen LogP) is 3.59. The Balaban J connectivity index is 1.48. The molecule has 1 N–H and O–H groups in total. The Kier molecular flexibility index (Phi) is 5.33. The first-order chi connectivity index (χ1) is 11.7. The number of nitrogens with zero attached hydrogens (tertiary/aromatic N) is 2. The van der Waals surface area contributed by atoms with Gasteiger partial charge in [0, 0.05) is 23.2 Å². The largest absolute Gasteiger partial charge is 0.351 e. The van der Waals surface area contributed by atoms with Crippen molar-refractivity contribution in [2.24, 2.45) is 0 Å². The first kappa shape index (κ1) is 16.3. The monoisotopic (exact) mass is 337 g/mol. The number of thioether (sulfide) groups is 1. The summed E-state index contributed by atoms with van der Waals surface area (Å²) in [5, 5.41) is 7.26. The number of hydrogen-bond acceptors (Lipinski definition) is 3. The summed E-state index contributed by atoms with van der Waals surface area (Å²) in [5.74, 6) is 0.434. The summed E-state index contributed by atoms with van der Waals surface area (Å²) in [7, 11) is 0. The molecule has 2 aromatic carbocycles. The number of nitrogens with one attached hydrogen (secondary N) is 1. The molecule has 5 heteroatoms. The van der Waals surface area contributed by atoms with Gasteiger partial charge < -0.3 is 5.32 Å². The molecule has 1 aromatic heterocycles. The zero-order valence-corrected chi connectivity index (χ0v) is 14.3. The van der Waals surface area contributed by atoms with Crippen molar-refractivity contribution in [3.05, 3.63) is 78.1 Å². The molecule has 0 radical (unpaired) electrons. The van der Waals surface area contributed by atoms with Crippen molar-refractivity contribution in [3.8, 4) is 5.69 Å². The van der Waals surface area contributed by atoms with Crippen molar-refractivity contribution < 1.29 is 4.79 Å². The van der Waals surface area contributed by atoms with E-state index < -0.39 is 0 Å². The van der Waals surface area contributed by atoms with Gasteiger partial charge in [-0.3, -0.25) is 4.79 Å². The third kappa shape index (κ3) is 4.49. The lowest BCUT2D eigenvalue weighted by Crippen LogP contribution is -2.24. The van der Waals surface area contributed by atoms with Crippen molar-refractivity contribution in [2.45, 2.75) is 18.4 Å². The molecule has 0 aliphatic heterocycles. The Morgan fingerprint density at radius 1 is 1.12 bits per heavy atom. The Morgan fingerprint density at radius 3 is 2.62 bits per heavy atom. The molecule has 0 saturated carbocycles. The summed E-state index contributed by atoms with van der Waals surface area (Å²) < 4.78 is 1.81. The lowest BCUT2D eigenvalue weighted by molar-refractivity contribution is -0.118. The average Bonchev–Trinajstić information content (AvgIpc) is 3.09. The summed E-state index contributed by atoms with van der Waals surface area (Å²) >= 11 is 1.54. The molecule has 0 aliphatic rings. The highest BCUT2D eigenvalue weighted by molar-refractivity contribution is 8.00. The standard InChI is InChI=1S/C19H19N3OS/c1-15-7-9-18(10-8-15)24-14-19(23)20-11-16-12-21-22(13-16)17-5-3-2-4-6-17/h2-10,12-13H,11,14H2,1H3,(H,20,23). The molecule has 1 amide bonds. The van der Waals surface area contributed by atoms with Crippen molar-refractivity contribution in [2.75, 3.05) is 5.75 Å². The number of benzene rings is 2. The Hall–Kier alpha value is -2.53. The minimum absolute atomic E-state index is 0.0213. The third-order valence-electron chi connectivity index (χ3n) is 3.54. The van der Waals surface area contributed by atoms with Gasteiger partial charge in [-0.2, -0.15) is 5.10 Å². The number of carbonyl (C=O) groups is 1. The molecule has 0 saturated heterocycles. The number of hydrogen-bond donors (Lipinski definition) is 1. The fraction of sp³-hybridized carbons (Fsp3) is 0.158. The molecule has 122 valence electrons. The van der Waals surface area contributed by atoms with E-state index in [0.717, 1.165) is 16.1 Å². The van der Waals surface area contributed by atoms with Crippen LogP contribution < -0.4 is 5.32 Å². The van der Waals surface area contributed by atoms with Gasteiger partial charge in [-0.1, -0.05) is 35.9 Å². The summed E-state index contributed by atoms with van der Waals surface area (Å²) in [4.78, 5) is 13.1. The van der Waals surface area contributed by atoms with Crippen LogP contribution in [-0.2, 0) is 11.3 Å². The summed E-state index contributed by atoms with van der Waals surface area (Å²) in [6.07, 6.45) is 3.71. The Morgan fingerprint density at radius 2 is 1.88 bits per heavy atom.